The van der Waals surface area contributed by atoms with Crippen molar-refractivity contribution in [1.29, 1.82) is 0 Å². The highest BCUT2D eigenvalue weighted by molar-refractivity contribution is 14.0. The van der Waals surface area contributed by atoms with E-state index < -0.39 is 0 Å². The third kappa shape index (κ3) is 4.78. The number of hydrogen-bond donors (Lipinski definition) is 3. The quantitative estimate of drug-likeness (QED) is 0.361. The summed E-state index contributed by atoms with van der Waals surface area (Å²) in [6.07, 6.45) is 4.07. The first kappa shape index (κ1) is 17.4. The number of nitrogens with one attached hydrogen (secondary N) is 3. The molecule has 2 aromatic rings. The van der Waals surface area contributed by atoms with Crippen LogP contribution in [0.25, 0.3) is 5.65 Å². The fourth-order valence-electron chi connectivity index (χ4n) is 2.07. The Labute approximate surface area is 151 Å². The second-order valence-corrected chi connectivity index (χ2v) is 5.17. The first-order valence-electron chi connectivity index (χ1n) is 7.29. The molecule has 2 aromatic heterocycles. The predicted octanol–water partition coefficient (Wildman–Crippen LogP) is 0.291. The van der Waals surface area contributed by atoms with E-state index in [-0.39, 0.29) is 36.4 Å². The zero-order valence-electron chi connectivity index (χ0n) is 12.8. The molecule has 0 unspecified atom stereocenters. The summed E-state index contributed by atoms with van der Waals surface area (Å²) in [6, 6.07) is 6.10. The molecule has 0 atom stereocenters. The maximum Gasteiger partial charge on any atom is 0.239 e. The maximum absolute atomic E-state index is 11.6. The van der Waals surface area contributed by atoms with E-state index in [2.05, 4.69) is 31.1 Å². The molecule has 1 saturated carbocycles. The van der Waals surface area contributed by atoms with Crippen LogP contribution in [-0.4, -0.2) is 46.1 Å². The molecule has 2 heterocycles. The van der Waals surface area contributed by atoms with Crippen molar-refractivity contribution in [1.82, 2.24) is 30.5 Å². The van der Waals surface area contributed by atoms with E-state index in [1.807, 2.05) is 28.8 Å². The second-order valence-electron chi connectivity index (χ2n) is 5.17. The lowest BCUT2D eigenvalue weighted by molar-refractivity contribution is -0.120. The number of rotatable bonds is 5. The monoisotopic (exact) mass is 429 g/mol. The van der Waals surface area contributed by atoms with Crippen LogP contribution in [0.3, 0.4) is 0 Å². The number of guanidine groups is 1. The molecule has 1 aliphatic rings. The first-order valence-corrected chi connectivity index (χ1v) is 7.29. The molecule has 1 amide bonds. The highest BCUT2D eigenvalue weighted by atomic mass is 127. The highest BCUT2D eigenvalue weighted by Crippen LogP contribution is 2.18. The van der Waals surface area contributed by atoms with E-state index in [0.717, 1.165) is 24.3 Å². The fraction of sp³-hybridized carbons (Fsp3) is 0.429. The molecule has 3 rings (SSSR count). The molecule has 0 spiro atoms. The number of amides is 1. The summed E-state index contributed by atoms with van der Waals surface area (Å²) in [4.78, 5) is 15.7. The van der Waals surface area contributed by atoms with E-state index in [0.29, 0.717) is 18.5 Å². The first-order chi connectivity index (χ1) is 10.8. The Morgan fingerprint density at radius 2 is 2.17 bits per heavy atom. The lowest BCUT2D eigenvalue weighted by atomic mass is 10.4. The SMILES string of the molecule is CN=C(NCC(=O)NC1CC1)NCc1nnc2ccccn12.I. The number of aliphatic imine (C=N–C) groups is 1. The van der Waals surface area contributed by atoms with E-state index >= 15 is 0 Å². The molecule has 1 fully saturated rings. The van der Waals surface area contributed by atoms with Crippen molar-refractivity contribution in [2.45, 2.75) is 25.4 Å². The molecule has 9 heteroatoms. The summed E-state index contributed by atoms with van der Waals surface area (Å²) >= 11 is 0. The van der Waals surface area contributed by atoms with Gasteiger partial charge in [0.15, 0.2) is 17.4 Å². The van der Waals surface area contributed by atoms with Crippen molar-refractivity contribution >= 4 is 41.5 Å². The summed E-state index contributed by atoms with van der Waals surface area (Å²) in [5.74, 6) is 1.32. The van der Waals surface area contributed by atoms with Gasteiger partial charge in [-0.25, -0.2) is 0 Å². The standard InChI is InChI=1S/C14H19N7O.HI/c1-15-14(17-9-13(22)18-10-5-6-10)16-8-12-20-19-11-4-2-3-7-21(11)12;/h2-4,7,10H,5-6,8-9H2,1H3,(H,18,22)(H2,15,16,17);1H. The lowest BCUT2D eigenvalue weighted by Gasteiger charge is -2.11. The minimum Gasteiger partial charge on any atom is -0.352 e. The van der Waals surface area contributed by atoms with Crippen molar-refractivity contribution in [3.05, 3.63) is 30.2 Å². The van der Waals surface area contributed by atoms with Crippen LogP contribution in [0.1, 0.15) is 18.7 Å². The van der Waals surface area contributed by atoms with Gasteiger partial charge in [-0.2, -0.15) is 0 Å². The van der Waals surface area contributed by atoms with Crippen LogP contribution in [0.5, 0.6) is 0 Å². The van der Waals surface area contributed by atoms with Gasteiger partial charge in [-0.1, -0.05) is 6.07 Å². The fourth-order valence-corrected chi connectivity index (χ4v) is 2.07. The summed E-state index contributed by atoms with van der Waals surface area (Å²) in [7, 11) is 1.66. The molecule has 0 aromatic carbocycles. The van der Waals surface area contributed by atoms with Crippen LogP contribution in [0.15, 0.2) is 29.4 Å². The van der Waals surface area contributed by atoms with Crippen LogP contribution in [0, 0.1) is 0 Å². The minimum atomic E-state index is -0.0154. The van der Waals surface area contributed by atoms with Crippen LogP contribution >= 0.6 is 24.0 Å². The van der Waals surface area contributed by atoms with Crippen LogP contribution in [-0.2, 0) is 11.3 Å². The average molecular weight is 429 g/mol. The van der Waals surface area contributed by atoms with Gasteiger partial charge in [-0.3, -0.25) is 14.2 Å². The Hall–Kier alpha value is -1.91. The Kier molecular flexibility index (Phi) is 6.13. The van der Waals surface area contributed by atoms with Gasteiger partial charge in [0.2, 0.25) is 5.91 Å². The third-order valence-electron chi connectivity index (χ3n) is 3.38. The minimum absolute atomic E-state index is 0. The lowest BCUT2D eigenvalue weighted by Crippen LogP contribution is -2.43. The molecule has 0 aliphatic heterocycles. The number of halogens is 1. The number of aromatic nitrogens is 3. The molecule has 0 saturated heterocycles. The van der Waals surface area contributed by atoms with E-state index in [4.69, 9.17) is 0 Å². The van der Waals surface area contributed by atoms with Gasteiger partial charge in [0, 0.05) is 19.3 Å². The van der Waals surface area contributed by atoms with Gasteiger partial charge in [-0.05, 0) is 25.0 Å². The molecular weight excluding hydrogens is 409 g/mol. The van der Waals surface area contributed by atoms with Gasteiger partial charge in [0.1, 0.15) is 0 Å². The van der Waals surface area contributed by atoms with Gasteiger partial charge < -0.3 is 16.0 Å². The third-order valence-corrected chi connectivity index (χ3v) is 3.38. The zero-order valence-corrected chi connectivity index (χ0v) is 15.2. The Balaban J connectivity index is 0.00000192. The topological polar surface area (TPSA) is 95.7 Å². The van der Waals surface area contributed by atoms with Crippen LogP contribution < -0.4 is 16.0 Å². The number of hydrogen-bond acceptors (Lipinski definition) is 4. The van der Waals surface area contributed by atoms with Crippen molar-refractivity contribution in [2.24, 2.45) is 4.99 Å². The van der Waals surface area contributed by atoms with Crippen molar-refractivity contribution in [3.8, 4) is 0 Å². The molecule has 3 N–H and O–H groups in total. The van der Waals surface area contributed by atoms with Gasteiger partial charge in [0.05, 0.1) is 13.1 Å². The van der Waals surface area contributed by atoms with Crippen molar-refractivity contribution in [2.75, 3.05) is 13.6 Å². The average Bonchev–Trinajstić information content (AvgIpc) is 3.25. The number of carbonyl (C=O) groups is 1. The summed E-state index contributed by atoms with van der Waals surface area (Å²) in [5, 5.41) is 17.2. The molecular formula is C14H20IN7O. The van der Waals surface area contributed by atoms with Crippen LogP contribution in [0.4, 0.5) is 0 Å². The van der Waals surface area contributed by atoms with Crippen molar-refractivity contribution < 1.29 is 4.79 Å². The van der Waals surface area contributed by atoms with E-state index in [1.54, 1.807) is 7.05 Å². The Morgan fingerprint density at radius 3 is 2.91 bits per heavy atom. The van der Waals surface area contributed by atoms with Crippen LogP contribution in [0.2, 0.25) is 0 Å². The van der Waals surface area contributed by atoms with E-state index in [1.165, 1.54) is 0 Å². The number of nitrogens with zero attached hydrogens (tertiary/aromatic N) is 4. The van der Waals surface area contributed by atoms with E-state index in [9.17, 15) is 4.79 Å². The molecule has 0 bridgehead atoms. The number of carbonyl (C=O) groups excluding carboxylic acids is 1. The Morgan fingerprint density at radius 1 is 1.35 bits per heavy atom. The maximum atomic E-state index is 11.6. The summed E-state index contributed by atoms with van der Waals surface area (Å²) in [5.41, 5.74) is 0.797. The van der Waals surface area contributed by atoms with Gasteiger partial charge >= 0.3 is 0 Å². The summed E-state index contributed by atoms with van der Waals surface area (Å²) < 4.78 is 1.90. The molecule has 8 nitrogen and oxygen atoms in total. The van der Waals surface area contributed by atoms with Gasteiger partial charge in [0.25, 0.3) is 0 Å². The molecule has 0 radical (unpaired) electrons. The zero-order chi connectivity index (χ0) is 15.4. The summed E-state index contributed by atoms with van der Waals surface area (Å²) in [6.45, 7) is 0.672. The Bertz CT molecular complexity index is 695. The molecule has 1 aliphatic carbocycles. The molecule has 124 valence electrons. The largest absolute Gasteiger partial charge is 0.352 e. The van der Waals surface area contributed by atoms with Gasteiger partial charge in [-0.15, -0.1) is 34.2 Å². The smallest absolute Gasteiger partial charge is 0.239 e. The second kappa shape index (κ2) is 8.09. The predicted molar refractivity (Wildman–Crippen MR) is 97.8 cm³/mol. The number of fused-ring (bicyclic) bond motifs is 1. The normalized spacial score (nSPS) is 14.2. The van der Waals surface area contributed by atoms with Crippen molar-refractivity contribution in [3.63, 3.8) is 0 Å². The molecule has 23 heavy (non-hydrogen) atoms. The number of pyridine rings is 1. The highest BCUT2D eigenvalue weighted by Gasteiger charge is 2.22.